The van der Waals surface area contributed by atoms with E-state index < -0.39 is 14.6 Å². The third kappa shape index (κ3) is 1.97. The molecule has 0 unspecified atom stereocenters. The van der Waals surface area contributed by atoms with E-state index in [0.717, 1.165) is 12.8 Å². The van der Waals surface area contributed by atoms with Gasteiger partial charge < -0.3 is 10.3 Å². The highest BCUT2D eigenvalue weighted by atomic mass is 32.2. The lowest BCUT2D eigenvalue weighted by atomic mass is 10.2. The van der Waals surface area contributed by atoms with Crippen LogP contribution >= 0.6 is 0 Å². The van der Waals surface area contributed by atoms with Gasteiger partial charge in [-0.1, -0.05) is 0 Å². The molecule has 17 heavy (non-hydrogen) atoms. The van der Waals surface area contributed by atoms with Crippen molar-refractivity contribution in [3.8, 4) is 0 Å². The van der Waals surface area contributed by atoms with Crippen molar-refractivity contribution in [2.45, 2.75) is 44.0 Å². The molecule has 1 saturated carbocycles. The van der Waals surface area contributed by atoms with Crippen LogP contribution in [-0.2, 0) is 21.1 Å². The lowest BCUT2D eigenvalue weighted by Gasteiger charge is -2.22. The molecule has 0 amide bonds. The highest BCUT2D eigenvalue weighted by Gasteiger charge is 2.41. The normalized spacial score (nSPS) is 17.4. The highest BCUT2D eigenvalue weighted by Crippen LogP contribution is 2.40. The summed E-state index contributed by atoms with van der Waals surface area (Å²) in [5.74, 6) is 1.17. The molecule has 0 aromatic carbocycles. The van der Waals surface area contributed by atoms with E-state index in [1.165, 1.54) is 6.26 Å². The minimum atomic E-state index is -3.24. The molecule has 1 aromatic heterocycles. The van der Waals surface area contributed by atoms with Crippen LogP contribution < -0.4 is 5.73 Å². The first kappa shape index (κ1) is 12.5. The molecule has 1 fully saturated rings. The zero-order chi connectivity index (χ0) is 12.8. The molecular formula is C10H18N4O2S. The lowest BCUT2D eigenvalue weighted by Crippen LogP contribution is -2.32. The predicted octanol–water partition coefficient (Wildman–Crippen LogP) is 0.351. The largest absolute Gasteiger partial charge is 0.324 e. The fourth-order valence-corrected chi connectivity index (χ4v) is 2.23. The monoisotopic (exact) mass is 258 g/mol. The topological polar surface area (TPSA) is 90.9 Å². The van der Waals surface area contributed by atoms with Crippen LogP contribution in [0.1, 0.15) is 44.4 Å². The summed E-state index contributed by atoms with van der Waals surface area (Å²) in [5, 5.41) is 8.04. The summed E-state index contributed by atoms with van der Waals surface area (Å²) in [7, 11) is -3.24. The molecule has 7 heteroatoms. The molecule has 6 nitrogen and oxygen atoms in total. The second-order valence-electron chi connectivity index (χ2n) is 5.03. The van der Waals surface area contributed by atoms with E-state index in [1.54, 1.807) is 13.8 Å². The van der Waals surface area contributed by atoms with Crippen molar-refractivity contribution in [2.24, 2.45) is 5.73 Å². The lowest BCUT2D eigenvalue weighted by molar-refractivity contribution is 0.525. The van der Waals surface area contributed by atoms with Crippen LogP contribution in [-0.4, -0.2) is 29.4 Å². The van der Waals surface area contributed by atoms with Crippen LogP contribution in [0.25, 0.3) is 0 Å². The zero-order valence-corrected chi connectivity index (χ0v) is 11.2. The van der Waals surface area contributed by atoms with Gasteiger partial charge in [-0.2, -0.15) is 0 Å². The van der Waals surface area contributed by atoms with Crippen LogP contribution in [0.15, 0.2) is 0 Å². The van der Waals surface area contributed by atoms with E-state index in [4.69, 9.17) is 5.73 Å². The Labute approximate surface area is 101 Å². The molecule has 1 aliphatic carbocycles. The van der Waals surface area contributed by atoms with Crippen molar-refractivity contribution in [3.05, 3.63) is 11.6 Å². The van der Waals surface area contributed by atoms with Gasteiger partial charge in [-0.15, -0.1) is 10.2 Å². The smallest absolute Gasteiger partial charge is 0.159 e. The predicted molar refractivity (Wildman–Crippen MR) is 64.1 cm³/mol. The number of hydrogen-bond donors (Lipinski definition) is 1. The zero-order valence-electron chi connectivity index (χ0n) is 10.3. The second kappa shape index (κ2) is 3.78. The van der Waals surface area contributed by atoms with E-state index in [1.807, 2.05) is 4.57 Å². The fourth-order valence-electron chi connectivity index (χ4n) is 1.76. The molecule has 1 aromatic rings. The molecule has 0 aliphatic heterocycles. The Morgan fingerprint density at radius 2 is 2.00 bits per heavy atom. The first-order valence-corrected chi connectivity index (χ1v) is 7.52. The van der Waals surface area contributed by atoms with Gasteiger partial charge in [0.2, 0.25) is 0 Å². The third-order valence-electron chi connectivity index (χ3n) is 3.33. The molecule has 0 radical (unpaired) electrons. The van der Waals surface area contributed by atoms with Crippen LogP contribution in [0.3, 0.4) is 0 Å². The van der Waals surface area contributed by atoms with Gasteiger partial charge in [0.15, 0.2) is 15.7 Å². The molecule has 96 valence electrons. The minimum absolute atomic E-state index is 0.281. The van der Waals surface area contributed by atoms with Crippen LogP contribution in [0.2, 0.25) is 0 Å². The van der Waals surface area contributed by atoms with Gasteiger partial charge in [-0.25, -0.2) is 8.42 Å². The molecular weight excluding hydrogens is 240 g/mol. The summed E-state index contributed by atoms with van der Waals surface area (Å²) >= 11 is 0. The Kier molecular flexibility index (Phi) is 2.78. The number of rotatable bonds is 4. The Balaban J connectivity index is 2.56. The number of sulfone groups is 1. The maximum absolute atomic E-state index is 11.8. The van der Waals surface area contributed by atoms with E-state index in [-0.39, 0.29) is 6.54 Å². The average molecular weight is 258 g/mol. The van der Waals surface area contributed by atoms with Crippen molar-refractivity contribution in [2.75, 3.05) is 6.26 Å². The van der Waals surface area contributed by atoms with Gasteiger partial charge >= 0.3 is 0 Å². The van der Waals surface area contributed by atoms with Gasteiger partial charge in [0.1, 0.15) is 10.6 Å². The SMILES string of the molecule is CC(C)(c1nnc(CN)n1C1CC1)S(C)(=O)=O. The molecule has 0 saturated heterocycles. The molecule has 0 atom stereocenters. The van der Waals surface area contributed by atoms with Crippen molar-refractivity contribution in [3.63, 3.8) is 0 Å². The van der Waals surface area contributed by atoms with Crippen LogP contribution in [0.5, 0.6) is 0 Å². The quantitative estimate of drug-likeness (QED) is 0.841. The Bertz CT molecular complexity index is 529. The van der Waals surface area contributed by atoms with Gasteiger partial charge in [0.25, 0.3) is 0 Å². The molecule has 1 aliphatic rings. The standard InChI is InChI=1S/C10H18N4O2S/c1-10(2,17(3,15)16)9-13-12-8(6-11)14(9)7-4-5-7/h7H,4-6,11H2,1-3H3. The molecule has 0 bridgehead atoms. The minimum Gasteiger partial charge on any atom is -0.324 e. The summed E-state index contributed by atoms with van der Waals surface area (Å²) in [4.78, 5) is 0. The highest BCUT2D eigenvalue weighted by molar-refractivity contribution is 7.91. The Morgan fingerprint density at radius 1 is 1.41 bits per heavy atom. The van der Waals surface area contributed by atoms with Crippen LogP contribution in [0, 0.1) is 0 Å². The summed E-state index contributed by atoms with van der Waals surface area (Å²) in [6.07, 6.45) is 3.30. The van der Waals surface area contributed by atoms with E-state index in [2.05, 4.69) is 10.2 Å². The van der Waals surface area contributed by atoms with Gasteiger partial charge in [-0.3, -0.25) is 0 Å². The summed E-state index contributed by atoms with van der Waals surface area (Å²) < 4.78 is 24.5. The van der Waals surface area contributed by atoms with Crippen molar-refractivity contribution >= 4 is 9.84 Å². The maximum atomic E-state index is 11.8. The second-order valence-corrected chi connectivity index (χ2v) is 7.59. The molecule has 2 rings (SSSR count). The first-order valence-electron chi connectivity index (χ1n) is 5.63. The molecule has 0 spiro atoms. The molecule has 2 N–H and O–H groups in total. The average Bonchev–Trinajstić information content (AvgIpc) is 2.95. The third-order valence-corrected chi connectivity index (χ3v) is 5.36. The van der Waals surface area contributed by atoms with Gasteiger partial charge in [0, 0.05) is 12.3 Å². The van der Waals surface area contributed by atoms with E-state index in [9.17, 15) is 8.42 Å². The van der Waals surface area contributed by atoms with Crippen LogP contribution in [0.4, 0.5) is 0 Å². The first-order chi connectivity index (χ1) is 7.79. The summed E-state index contributed by atoms with van der Waals surface area (Å²) in [6.45, 7) is 3.60. The fraction of sp³-hybridized carbons (Fsp3) is 0.800. The van der Waals surface area contributed by atoms with E-state index in [0.29, 0.717) is 17.7 Å². The summed E-state index contributed by atoms with van der Waals surface area (Å²) in [6, 6.07) is 0.319. The summed E-state index contributed by atoms with van der Waals surface area (Å²) in [5.41, 5.74) is 5.61. The Hall–Kier alpha value is -0.950. The Morgan fingerprint density at radius 3 is 2.41 bits per heavy atom. The number of nitrogens with zero attached hydrogens (tertiary/aromatic N) is 3. The van der Waals surface area contributed by atoms with Gasteiger partial charge in [0.05, 0.1) is 6.54 Å². The maximum Gasteiger partial charge on any atom is 0.159 e. The van der Waals surface area contributed by atoms with Crippen molar-refractivity contribution < 1.29 is 8.42 Å². The number of hydrogen-bond acceptors (Lipinski definition) is 5. The van der Waals surface area contributed by atoms with E-state index >= 15 is 0 Å². The van der Waals surface area contributed by atoms with Gasteiger partial charge in [-0.05, 0) is 26.7 Å². The van der Waals surface area contributed by atoms with Crippen molar-refractivity contribution in [1.29, 1.82) is 0 Å². The number of aromatic nitrogens is 3. The van der Waals surface area contributed by atoms with Crippen molar-refractivity contribution in [1.82, 2.24) is 14.8 Å². The number of nitrogens with two attached hydrogens (primary N) is 1. The molecule has 1 heterocycles.